The summed E-state index contributed by atoms with van der Waals surface area (Å²) in [5, 5.41) is 7.40. The van der Waals surface area contributed by atoms with Crippen molar-refractivity contribution in [3.05, 3.63) is 39.3 Å². The SMILES string of the molecule is CN=C(NCCc1ccc(OC)c(OC(F)F)c1)NCc1nc(C)c(C)s1.I. The van der Waals surface area contributed by atoms with Gasteiger partial charge in [0.2, 0.25) is 0 Å². The summed E-state index contributed by atoms with van der Waals surface area (Å²) >= 11 is 1.65. The lowest BCUT2D eigenvalue weighted by Crippen LogP contribution is -2.37. The third-order valence-corrected chi connectivity index (χ3v) is 4.93. The first kappa shape index (κ1) is 24.3. The molecule has 0 unspecified atom stereocenters. The van der Waals surface area contributed by atoms with Crippen molar-refractivity contribution in [2.45, 2.75) is 33.4 Å². The topological polar surface area (TPSA) is 67.8 Å². The van der Waals surface area contributed by atoms with E-state index in [2.05, 4.69) is 25.3 Å². The Labute approximate surface area is 184 Å². The standard InChI is InChI=1S/C18H24F2N4O2S.HI/c1-11-12(2)27-16(24-11)10-23-18(21-3)22-8-7-13-5-6-14(25-4)15(9-13)26-17(19)20;/h5-6,9,17H,7-8,10H2,1-4H3,(H2,21,22,23);1H. The normalized spacial score (nSPS) is 11.2. The number of guanidine groups is 1. The zero-order valence-electron chi connectivity index (χ0n) is 16.2. The van der Waals surface area contributed by atoms with E-state index >= 15 is 0 Å². The maximum absolute atomic E-state index is 12.5. The van der Waals surface area contributed by atoms with Gasteiger partial charge in [-0.2, -0.15) is 8.78 Å². The second kappa shape index (κ2) is 12.0. The first-order chi connectivity index (χ1) is 12.9. The molecular weight excluding hydrogens is 501 g/mol. The van der Waals surface area contributed by atoms with Crippen LogP contribution in [-0.4, -0.2) is 38.3 Å². The predicted octanol–water partition coefficient (Wildman–Crippen LogP) is 3.90. The van der Waals surface area contributed by atoms with Crippen molar-refractivity contribution < 1.29 is 18.3 Å². The maximum atomic E-state index is 12.5. The van der Waals surface area contributed by atoms with Crippen LogP contribution >= 0.6 is 35.3 Å². The summed E-state index contributed by atoms with van der Waals surface area (Å²) in [5.41, 5.74) is 1.89. The van der Waals surface area contributed by atoms with Crippen molar-refractivity contribution in [1.29, 1.82) is 0 Å². The minimum absolute atomic E-state index is 0. The molecule has 2 aromatic rings. The number of ether oxygens (including phenoxy) is 2. The highest BCUT2D eigenvalue weighted by Crippen LogP contribution is 2.29. The summed E-state index contributed by atoms with van der Waals surface area (Å²) in [6.07, 6.45) is 0.611. The van der Waals surface area contributed by atoms with Crippen LogP contribution < -0.4 is 20.1 Å². The largest absolute Gasteiger partial charge is 0.493 e. The number of methoxy groups -OCH3 is 1. The number of hydrogen-bond donors (Lipinski definition) is 2. The van der Waals surface area contributed by atoms with Gasteiger partial charge in [0.05, 0.1) is 19.3 Å². The smallest absolute Gasteiger partial charge is 0.387 e. The highest BCUT2D eigenvalue weighted by molar-refractivity contribution is 14.0. The van der Waals surface area contributed by atoms with Crippen LogP contribution in [0, 0.1) is 13.8 Å². The summed E-state index contributed by atoms with van der Waals surface area (Å²) in [5.74, 6) is 0.957. The predicted molar refractivity (Wildman–Crippen MR) is 119 cm³/mol. The van der Waals surface area contributed by atoms with Crippen LogP contribution in [0.2, 0.25) is 0 Å². The van der Waals surface area contributed by atoms with Gasteiger partial charge >= 0.3 is 6.61 Å². The number of aliphatic imine (C=N–C) groups is 1. The molecule has 156 valence electrons. The molecule has 1 aromatic carbocycles. The van der Waals surface area contributed by atoms with E-state index in [9.17, 15) is 8.78 Å². The molecule has 0 fully saturated rings. The molecule has 0 amide bonds. The Hall–Kier alpha value is -1.69. The number of rotatable bonds is 8. The van der Waals surface area contributed by atoms with Crippen molar-refractivity contribution in [1.82, 2.24) is 15.6 Å². The molecule has 0 saturated carbocycles. The monoisotopic (exact) mass is 526 g/mol. The van der Waals surface area contributed by atoms with Crippen molar-refractivity contribution >= 4 is 41.3 Å². The van der Waals surface area contributed by atoms with Gasteiger partial charge in [-0.15, -0.1) is 35.3 Å². The van der Waals surface area contributed by atoms with Crippen LogP contribution in [0.3, 0.4) is 0 Å². The third kappa shape index (κ3) is 7.38. The summed E-state index contributed by atoms with van der Waals surface area (Å²) in [6.45, 7) is 2.31. The highest BCUT2D eigenvalue weighted by atomic mass is 127. The van der Waals surface area contributed by atoms with Crippen molar-refractivity contribution in [2.24, 2.45) is 4.99 Å². The van der Waals surface area contributed by atoms with Crippen LogP contribution in [0.15, 0.2) is 23.2 Å². The van der Waals surface area contributed by atoms with E-state index in [1.54, 1.807) is 30.5 Å². The lowest BCUT2D eigenvalue weighted by Gasteiger charge is -2.13. The fourth-order valence-electron chi connectivity index (χ4n) is 2.38. The zero-order valence-corrected chi connectivity index (χ0v) is 19.4. The van der Waals surface area contributed by atoms with Gasteiger partial charge in [-0.1, -0.05) is 6.07 Å². The number of thiazole rings is 1. The molecule has 2 N–H and O–H groups in total. The minimum Gasteiger partial charge on any atom is -0.493 e. The van der Waals surface area contributed by atoms with Gasteiger partial charge in [-0.05, 0) is 38.0 Å². The van der Waals surface area contributed by atoms with Crippen molar-refractivity contribution in [3.63, 3.8) is 0 Å². The molecule has 1 heterocycles. The average Bonchev–Trinajstić information content (AvgIpc) is 2.95. The summed E-state index contributed by atoms with van der Waals surface area (Å²) in [4.78, 5) is 9.86. The number of halogens is 3. The van der Waals surface area contributed by atoms with E-state index in [0.29, 0.717) is 25.5 Å². The molecule has 10 heteroatoms. The van der Waals surface area contributed by atoms with Gasteiger partial charge in [0, 0.05) is 18.5 Å². The molecular formula is C18H25F2IN4O2S. The number of alkyl halides is 2. The third-order valence-electron chi connectivity index (χ3n) is 3.85. The number of benzene rings is 1. The Bertz CT molecular complexity index is 767. The Kier molecular flexibility index (Phi) is 10.4. The molecule has 6 nitrogen and oxygen atoms in total. The van der Waals surface area contributed by atoms with Crippen LogP contribution in [0.25, 0.3) is 0 Å². The molecule has 0 saturated heterocycles. The highest BCUT2D eigenvalue weighted by Gasteiger charge is 2.11. The number of aromatic nitrogens is 1. The number of nitrogens with zero attached hydrogens (tertiary/aromatic N) is 2. The summed E-state index contributed by atoms with van der Waals surface area (Å²) in [7, 11) is 3.10. The van der Waals surface area contributed by atoms with E-state index in [1.165, 1.54) is 12.0 Å². The molecule has 0 radical (unpaired) electrons. The lowest BCUT2D eigenvalue weighted by molar-refractivity contribution is -0.0512. The van der Waals surface area contributed by atoms with Crippen LogP contribution in [0.4, 0.5) is 8.78 Å². The van der Waals surface area contributed by atoms with E-state index in [1.807, 2.05) is 19.9 Å². The first-order valence-corrected chi connectivity index (χ1v) is 9.23. The van der Waals surface area contributed by atoms with Crippen LogP contribution in [0.5, 0.6) is 11.5 Å². The van der Waals surface area contributed by atoms with Gasteiger partial charge < -0.3 is 20.1 Å². The quantitative estimate of drug-likeness (QED) is 0.311. The first-order valence-electron chi connectivity index (χ1n) is 8.42. The molecule has 0 aliphatic heterocycles. The van der Waals surface area contributed by atoms with Crippen LogP contribution in [-0.2, 0) is 13.0 Å². The van der Waals surface area contributed by atoms with Crippen molar-refractivity contribution in [3.8, 4) is 11.5 Å². The Morgan fingerprint density at radius 1 is 1.25 bits per heavy atom. The molecule has 0 aliphatic carbocycles. The maximum Gasteiger partial charge on any atom is 0.387 e. The zero-order chi connectivity index (χ0) is 19.8. The number of aryl methyl sites for hydroxylation is 2. The molecule has 1 aromatic heterocycles. The molecule has 28 heavy (non-hydrogen) atoms. The van der Waals surface area contributed by atoms with Crippen LogP contribution in [0.1, 0.15) is 21.1 Å². The molecule has 0 atom stereocenters. The van der Waals surface area contributed by atoms with E-state index < -0.39 is 6.61 Å². The van der Waals surface area contributed by atoms with E-state index in [-0.39, 0.29) is 35.5 Å². The molecule has 0 bridgehead atoms. The molecule has 0 aliphatic rings. The molecule has 0 spiro atoms. The summed E-state index contributed by atoms with van der Waals surface area (Å²) < 4.78 is 34.6. The lowest BCUT2D eigenvalue weighted by atomic mass is 10.1. The Morgan fingerprint density at radius 3 is 2.57 bits per heavy atom. The fraction of sp³-hybridized carbons (Fsp3) is 0.444. The van der Waals surface area contributed by atoms with Gasteiger partial charge in [-0.3, -0.25) is 4.99 Å². The van der Waals surface area contributed by atoms with Crippen molar-refractivity contribution in [2.75, 3.05) is 20.7 Å². The second-order valence-corrected chi connectivity index (χ2v) is 7.00. The van der Waals surface area contributed by atoms with Gasteiger partial charge in [0.15, 0.2) is 17.5 Å². The van der Waals surface area contributed by atoms with Gasteiger partial charge in [0.1, 0.15) is 5.01 Å². The average molecular weight is 526 g/mol. The minimum atomic E-state index is -2.89. The second-order valence-electron chi connectivity index (χ2n) is 5.72. The number of nitrogens with one attached hydrogen (secondary N) is 2. The Morgan fingerprint density at radius 2 is 2.00 bits per heavy atom. The van der Waals surface area contributed by atoms with E-state index in [4.69, 9.17) is 4.74 Å². The Balaban J connectivity index is 0.00000392. The summed E-state index contributed by atoms with van der Waals surface area (Å²) in [6, 6.07) is 4.99. The van der Waals surface area contributed by atoms with Gasteiger partial charge in [-0.25, -0.2) is 4.98 Å². The number of hydrogen-bond acceptors (Lipinski definition) is 5. The van der Waals surface area contributed by atoms with E-state index in [0.717, 1.165) is 16.3 Å². The molecule has 2 rings (SSSR count). The fourth-order valence-corrected chi connectivity index (χ4v) is 3.26. The van der Waals surface area contributed by atoms with Gasteiger partial charge in [0.25, 0.3) is 0 Å².